The summed E-state index contributed by atoms with van der Waals surface area (Å²) in [5.41, 5.74) is 6.28. The normalized spacial score (nSPS) is 24.8. The Hall–Kier alpha value is -1.99. The number of ether oxygens (including phenoxy) is 1. The van der Waals surface area contributed by atoms with Gasteiger partial charge in [0.1, 0.15) is 24.5 Å². The molecular formula is C20H26FN4O5S2+. The van der Waals surface area contributed by atoms with Crippen LogP contribution < -0.4 is 10.3 Å². The van der Waals surface area contributed by atoms with Gasteiger partial charge in [-0.05, 0) is 13.2 Å². The van der Waals surface area contributed by atoms with Crippen molar-refractivity contribution in [1.82, 2.24) is 9.30 Å². The number of hydrogen-bond donors (Lipinski definition) is 3. The number of halogens is 1. The highest BCUT2D eigenvalue weighted by Gasteiger charge is 2.60. The molecule has 2 aliphatic heterocycles. The van der Waals surface area contributed by atoms with Crippen LogP contribution in [0.25, 0.3) is 10.4 Å². The standard InChI is InChI=1S/C20H25FN4O5S2/c1-9-13(16(20(28)29)25-15(9)14(10(2)26)17(25)27)12-6-24-8-23(5-11(4-22)30-7-21)18(31-3)19(24)32-12/h6,8-11,14-15,26H,4-5,7,22H2,1-3H3/p+1/t9-,10+,11+,14+,15+/m0/s1. The number of carbonyl (C=O) groups excluding carboxylic acids is 1. The first-order valence-corrected chi connectivity index (χ1v) is 12.2. The summed E-state index contributed by atoms with van der Waals surface area (Å²) in [4.78, 5) is 27.7. The van der Waals surface area contributed by atoms with Crippen LogP contribution in [0.3, 0.4) is 0 Å². The zero-order chi connectivity index (χ0) is 23.3. The van der Waals surface area contributed by atoms with Gasteiger partial charge >= 0.3 is 5.97 Å². The van der Waals surface area contributed by atoms with Gasteiger partial charge < -0.3 is 25.6 Å². The second-order valence-electron chi connectivity index (χ2n) is 8.04. The molecule has 0 bridgehead atoms. The van der Waals surface area contributed by atoms with Crippen molar-refractivity contribution in [3.63, 3.8) is 0 Å². The van der Waals surface area contributed by atoms with E-state index in [1.807, 2.05) is 34.7 Å². The smallest absolute Gasteiger partial charge is 0.352 e. The largest absolute Gasteiger partial charge is 0.477 e. The molecule has 0 saturated carbocycles. The molecular weight excluding hydrogens is 459 g/mol. The second-order valence-corrected chi connectivity index (χ2v) is 9.87. The number of carboxylic acids is 1. The molecule has 0 radical (unpaired) electrons. The molecule has 2 aromatic heterocycles. The van der Waals surface area contributed by atoms with Crippen molar-refractivity contribution in [3.8, 4) is 0 Å². The minimum atomic E-state index is -1.15. The summed E-state index contributed by atoms with van der Waals surface area (Å²) < 4.78 is 21.5. The molecule has 1 saturated heterocycles. The highest BCUT2D eigenvalue weighted by atomic mass is 32.2. The first-order chi connectivity index (χ1) is 15.2. The van der Waals surface area contributed by atoms with Crippen molar-refractivity contribution in [3.05, 3.63) is 23.1 Å². The van der Waals surface area contributed by atoms with E-state index in [1.54, 1.807) is 6.92 Å². The number of nitrogens with two attached hydrogens (primary N) is 1. The molecule has 0 unspecified atom stereocenters. The quantitative estimate of drug-likeness (QED) is 0.275. The van der Waals surface area contributed by atoms with Crippen LogP contribution in [0.5, 0.6) is 0 Å². The van der Waals surface area contributed by atoms with E-state index in [1.165, 1.54) is 28.0 Å². The van der Waals surface area contributed by atoms with E-state index in [0.717, 1.165) is 14.7 Å². The molecule has 4 heterocycles. The summed E-state index contributed by atoms with van der Waals surface area (Å²) >= 11 is 2.95. The molecule has 2 aromatic rings. The minimum absolute atomic E-state index is 0.00739. The fraction of sp³-hybridized carbons (Fsp3) is 0.550. The highest BCUT2D eigenvalue weighted by molar-refractivity contribution is 7.98. The van der Waals surface area contributed by atoms with Crippen molar-refractivity contribution in [2.45, 2.75) is 43.7 Å². The predicted molar refractivity (Wildman–Crippen MR) is 117 cm³/mol. The van der Waals surface area contributed by atoms with E-state index >= 15 is 0 Å². The molecule has 0 aromatic carbocycles. The number of thioether (sulfide) groups is 1. The van der Waals surface area contributed by atoms with Crippen molar-refractivity contribution >= 4 is 45.4 Å². The molecule has 5 atom stereocenters. The summed E-state index contributed by atoms with van der Waals surface area (Å²) in [6.07, 6.45) is 4.33. The van der Waals surface area contributed by atoms with Crippen LogP contribution in [0.1, 0.15) is 18.7 Å². The van der Waals surface area contributed by atoms with Crippen LogP contribution in [-0.2, 0) is 20.9 Å². The fourth-order valence-electron chi connectivity index (χ4n) is 4.79. The number of thiazole rings is 1. The summed E-state index contributed by atoms with van der Waals surface area (Å²) in [6, 6.07) is -0.363. The number of carbonyl (C=O) groups is 2. The number of imidazole rings is 1. The second kappa shape index (κ2) is 8.75. The van der Waals surface area contributed by atoms with E-state index in [2.05, 4.69) is 0 Å². The molecule has 4 rings (SSSR count). The lowest BCUT2D eigenvalue weighted by Crippen LogP contribution is -2.63. The first-order valence-electron chi connectivity index (χ1n) is 10.2. The van der Waals surface area contributed by atoms with Crippen LogP contribution in [0.2, 0.25) is 0 Å². The number of aliphatic hydroxyl groups excluding tert-OH is 1. The van der Waals surface area contributed by atoms with Gasteiger partial charge in [0.15, 0.2) is 6.86 Å². The van der Waals surface area contributed by atoms with Crippen LogP contribution in [0.4, 0.5) is 4.39 Å². The van der Waals surface area contributed by atoms with Gasteiger partial charge in [-0.15, -0.1) is 0 Å². The van der Waals surface area contributed by atoms with Crippen molar-refractivity contribution in [2.24, 2.45) is 17.6 Å². The van der Waals surface area contributed by atoms with Crippen LogP contribution in [0.15, 0.2) is 23.2 Å². The minimum Gasteiger partial charge on any atom is -0.477 e. The van der Waals surface area contributed by atoms with E-state index in [0.29, 0.717) is 12.1 Å². The number of carboxylic acid groups (broad SMARTS) is 1. The molecule has 1 amide bonds. The third-order valence-corrected chi connectivity index (χ3v) is 8.29. The van der Waals surface area contributed by atoms with E-state index < -0.39 is 31.0 Å². The molecule has 4 N–H and O–H groups in total. The Balaban J connectivity index is 1.74. The van der Waals surface area contributed by atoms with Gasteiger partial charge in [-0.25, -0.2) is 13.8 Å². The molecule has 1 fully saturated rings. The Kier molecular flexibility index (Phi) is 6.34. The molecule has 0 aliphatic carbocycles. The molecule has 0 spiro atoms. The number of amides is 1. The topological polar surface area (TPSA) is 121 Å². The third kappa shape index (κ3) is 3.45. The zero-order valence-electron chi connectivity index (χ0n) is 17.9. The lowest BCUT2D eigenvalue weighted by atomic mass is 9.77. The molecule has 12 heteroatoms. The summed E-state index contributed by atoms with van der Waals surface area (Å²) in [7, 11) is 0. The van der Waals surface area contributed by atoms with Crippen molar-refractivity contribution in [1.29, 1.82) is 0 Å². The van der Waals surface area contributed by atoms with Crippen molar-refractivity contribution in [2.75, 3.05) is 19.7 Å². The molecule has 32 heavy (non-hydrogen) atoms. The van der Waals surface area contributed by atoms with Gasteiger partial charge in [0.2, 0.25) is 15.8 Å². The van der Waals surface area contributed by atoms with Gasteiger partial charge in [0.05, 0.1) is 22.9 Å². The van der Waals surface area contributed by atoms with Gasteiger partial charge in [0.25, 0.3) is 6.33 Å². The number of aliphatic hydroxyl groups is 1. The number of alkyl halides is 1. The maximum Gasteiger partial charge on any atom is 0.352 e. The van der Waals surface area contributed by atoms with E-state index in [4.69, 9.17) is 10.5 Å². The number of rotatable bonds is 9. The maximum absolute atomic E-state index is 12.6. The Morgan fingerprint density at radius 3 is 2.78 bits per heavy atom. The summed E-state index contributed by atoms with van der Waals surface area (Å²) in [6.45, 7) is 3.12. The van der Waals surface area contributed by atoms with Gasteiger partial charge in [-0.2, -0.15) is 4.40 Å². The van der Waals surface area contributed by atoms with Crippen LogP contribution in [-0.4, -0.2) is 69.3 Å². The van der Waals surface area contributed by atoms with Crippen LogP contribution >= 0.6 is 23.1 Å². The Morgan fingerprint density at radius 2 is 2.22 bits per heavy atom. The first kappa shape index (κ1) is 23.2. The van der Waals surface area contributed by atoms with Gasteiger partial charge in [-0.3, -0.25) is 4.79 Å². The summed E-state index contributed by atoms with van der Waals surface area (Å²) in [5, 5.41) is 20.9. The lowest BCUT2D eigenvalue weighted by Gasteiger charge is -2.46. The Morgan fingerprint density at radius 1 is 1.50 bits per heavy atom. The molecule has 9 nitrogen and oxygen atoms in total. The average molecular weight is 486 g/mol. The zero-order valence-corrected chi connectivity index (χ0v) is 19.5. The number of nitrogens with zero attached hydrogens (tertiary/aromatic N) is 3. The average Bonchev–Trinajstić information content (AvgIpc) is 3.34. The lowest BCUT2D eigenvalue weighted by molar-refractivity contribution is -0.736. The highest BCUT2D eigenvalue weighted by Crippen LogP contribution is 2.51. The SMILES string of the molecule is CSc1c2sc(C3=C(C(=O)O)N4C(=O)[C@H]([C@@H](C)O)[C@H]4[C@H]3C)cn2c[n+]1C[C@@H](CN)OCF. The van der Waals surface area contributed by atoms with E-state index in [9.17, 15) is 24.2 Å². The fourth-order valence-corrected chi connectivity index (χ4v) is 6.98. The van der Waals surface area contributed by atoms with Crippen LogP contribution in [0, 0.1) is 11.8 Å². The Labute approximate surface area is 192 Å². The maximum atomic E-state index is 12.6. The number of aliphatic carboxylic acids is 1. The molecule has 2 aliphatic rings. The number of hydrogen-bond acceptors (Lipinski definition) is 7. The number of β-lactam (4-membered cyclic amide) rings is 1. The van der Waals surface area contributed by atoms with E-state index in [-0.39, 0.29) is 30.1 Å². The third-order valence-electron chi connectivity index (χ3n) is 6.20. The Bertz CT molecular complexity index is 1100. The predicted octanol–water partition coefficient (Wildman–Crippen LogP) is 0.934. The van der Waals surface area contributed by atoms with Crippen molar-refractivity contribution < 1.29 is 33.5 Å². The summed E-state index contributed by atoms with van der Waals surface area (Å²) in [5.74, 6) is -2.34. The van der Waals surface area contributed by atoms with Gasteiger partial charge in [-0.1, -0.05) is 30.0 Å². The van der Waals surface area contributed by atoms with Gasteiger partial charge in [0, 0.05) is 18.0 Å². The molecule has 174 valence electrons. The number of aromatic nitrogens is 2. The number of fused-ring (bicyclic) bond motifs is 2. The monoisotopic (exact) mass is 485 g/mol.